The van der Waals surface area contributed by atoms with E-state index in [-0.39, 0.29) is 11.2 Å². The summed E-state index contributed by atoms with van der Waals surface area (Å²) in [6, 6.07) is 0. The van der Waals surface area contributed by atoms with Gasteiger partial charge in [-0.25, -0.2) is 0 Å². The zero-order valence-corrected chi connectivity index (χ0v) is 9.83. The van der Waals surface area contributed by atoms with Crippen molar-refractivity contribution in [2.75, 3.05) is 0 Å². The van der Waals surface area contributed by atoms with Gasteiger partial charge in [-0.2, -0.15) is 0 Å². The molecule has 0 aromatic carbocycles. The van der Waals surface area contributed by atoms with Gasteiger partial charge in [0, 0.05) is 0 Å². The van der Waals surface area contributed by atoms with Gasteiger partial charge < -0.3 is 14.7 Å². The molecule has 0 amide bonds. The number of nitrogens with one attached hydrogen (secondary N) is 1. The standard InChI is InChI=1S/C10H19BN2O2/c1-6-7-8(13-12)11-14-9(2,3)10(4,5)15-11/h6-7,13H,1,12H2,2-5H3/b8-7-. The van der Waals surface area contributed by atoms with Crippen molar-refractivity contribution >= 4 is 7.12 Å². The van der Waals surface area contributed by atoms with Crippen LogP contribution in [0.3, 0.4) is 0 Å². The molecule has 0 atom stereocenters. The Labute approximate surface area is 91.6 Å². The molecule has 0 unspecified atom stereocenters. The predicted octanol–water partition coefficient (Wildman–Crippen LogP) is 1.15. The molecular weight excluding hydrogens is 191 g/mol. The van der Waals surface area contributed by atoms with Crippen LogP contribution in [-0.2, 0) is 9.31 Å². The Bertz CT molecular complexity index is 271. The van der Waals surface area contributed by atoms with Gasteiger partial charge in [-0.05, 0) is 33.8 Å². The smallest absolute Gasteiger partial charge is 0.398 e. The maximum Gasteiger partial charge on any atom is 0.513 e. The molecule has 0 radical (unpaired) electrons. The van der Waals surface area contributed by atoms with Crippen molar-refractivity contribution < 1.29 is 9.31 Å². The van der Waals surface area contributed by atoms with E-state index in [2.05, 4.69) is 12.0 Å². The van der Waals surface area contributed by atoms with E-state index in [0.29, 0.717) is 5.60 Å². The number of nitrogens with two attached hydrogens (primary N) is 1. The summed E-state index contributed by atoms with van der Waals surface area (Å²) in [5.41, 5.74) is 2.53. The molecule has 1 aliphatic rings. The second-order valence-electron chi connectivity index (χ2n) is 4.59. The highest BCUT2D eigenvalue weighted by Gasteiger charge is 2.52. The Morgan fingerprint density at radius 3 is 2.07 bits per heavy atom. The largest absolute Gasteiger partial charge is 0.513 e. The van der Waals surface area contributed by atoms with E-state index in [9.17, 15) is 0 Å². The summed E-state index contributed by atoms with van der Waals surface area (Å²) in [4.78, 5) is 0. The first-order valence-electron chi connectivity index (χ1n) is 4.99. The molecule has 0 aromatic rings. The molecule has 1 saturated heterocycles. The van der Waals surface area contributed by atoms with Gasteiger partial charge in [-0.15, -0.1) is 0 Å². The van der Waals surface area contributed by atoms with Gasteiger partial charge in [-0.3, -0.25) is 5.84 Å². The quantitative estimate of drug-likeness (QED) is 0.317. The summed E-state index contributed by atoms with van der Waals surface area (Å²) >= 11 is 0. The maximum atomic E-state index is 5.79. The van der Waals surface area contributed by atoms with Crippen LogP contribution in [0.15, 0.2) is 24.3 Å². The molecule has 84 valence electrons. The average Bonchev–Trinajstić information content (AvgIpc) is 2.32. The lowest BCUT2D eigenvalue weighted by Crippen LogP contribution is -2.41. The van der Waals surface area contributed by atoms with Gasteiger partial charge in [-0.1, -0.05) is 12.7 Å². The summed E-state index contributed by atoms with van der Waals surface area (Å²) in [5.74, 6) is 5.39. The zero-order valence-electron chi connectivity index (χ0n) is 9.83. The number of allylic oxidation sites excluding steroid dienone is 2. The third-order valence-corrected chi connectivity index (χ3v) is 2.97. The SMILES string of the molecule is C=C/C=C(\NN)B1OC(C)(C)C(C)(C)O1. The lowest BCUT2D eigenvalue weighted by molar-refractivity contribution is 0.00578. The summed E-state index contributed by atoms with van der Waals surface area (Å²) in [5, 5.41) is 0. The molecule has 0 aromatic heterocycles. The molecule has 1 heterocycles. The Kier molecular flexibility index (Phi) is 3.28. The molecule has 5 heteroatoms. The summed E-state index contributed by atoms with van der Waals surface area (Å²) in [6.45, 7) is 11.6. The fourth-order valence-corrected chi connectivity index (χ4v) is 1.29. The van der Waals surface area contributed by atoms with Crippen molar-refractivity contribution in [3.05, 3.63) is 24.3 Å². The van der Waals surface area contributed by atoms with Gasteiger partial charge in [0.2, 0.25) is 0 Å². The van der Waals surface area contributed by atoms with Crippen LogP contribution < -0.4 is 11.3 Å². The monoisotopic (exact) mass is 210 g/mol. The fraction of sp³-hybridized carbons (Fsp3) is 0.600. The second kappa shape index (κ2) is 4.00. The third-order valence-electron chi connectivity index (χ3n) is 2.97. The molecule has 3 N–H and O–H groups in total. The van der Waals surface area contributed by atoms with Gasteiger partial charge in [0.25, 0.3) is 0 Å². The van der Waals surface area contributed by atoms with Crippen LogP contribution in [-0.4, -0.2) is 18.3 Å². The number of hydrogen-bond acceptors (Lipinski definition) is 4. The van der Waals surface area contributed by atoms with Crippen LogP contribution in [0.2, 0.25) is 0 Å². The average molecular weight is 210 g/mol. The Hall–Kier alpha value is -0.775. The summed E-state index contributed by atoms with van der Waals surface area (Å²) in [7, 11) is -0.460. The number of hydrazine groups is 1. The van der Waals surface area contributed by atoms with Gasteiger partial charge >= 0.3 is 7.12 Å². The molecule has 4 nitrogen and oxygen atoms in total. The van der Waals surface area contributed by atoms with E-state index in [1.165, 1.54) is 0 Å². The van der Waals surface area contributed by atoms with Crippen molar-refractivity contribution in [2.45, 2.75) is 38.9 Å². The normalized spacial score (nSPS) is 24.1. The minimum absolute atomic E-state index is 0.352. The lowest BCUT2D eigenvalue weighted by Gasteiger charge is -2.32. The van der Waals surface area contributed by atoms with Crippen LogP contribution in [0.1, 0.15) is 27.7 Å². The maximum absolute atomic E-state index is 5.79. The van der Waals surface area contributed by atoms with Crippen LogP contribution >= 0.6 is 0 Å². The van der Waals surface area contributed by atoms with Gasteiger partial charge in [0.1, 0.15) is 0 Å². The van der Waals surface area contributed by atoms with Crippen LogP contribution in [0.25, 0.3) is 0 Å². The molecular formula is C10H19BN2O2. The summed E-state index contributed by atoms with van der Waals surface area (Å²) in [6.07, 6.45) is 3.38. The van der Waals surface area contributed by atoms with Crippen molar-refractivity contribution in [2.24, 2.45) is 5.84 Å². The Balaban J connectivity index is 2.86. The van der Waals surface area contributed by atoms with E-state index >= 15 is 0 Å². The fourth-order valence-electron chi connectivity index (χ4n) is 1.29. The van der Waals surface area contributed by atoms with E-state index in [4.69, 9.17) is 15.2 Å². The van der Waals surface area contributed by atoms with E-state index < -0.39 is 7.12 Å². The second-order valence-corrected chi connectivity index (χ2v) is 4.59. The van der Waals surface area contributed by atoms with Crippen LogP contribution in [0, 0.1) is 0 Å². The number of rotatable bonds is 3. The van der Waals surface area contributed by atoms with Crippen molar-refractivity contribution in [3.8, 4) is 0 Å². The van der Waals surface area contributed by atoms with E-state index in [1.54, 1.807) is 12.2 Å². The molecule has 0 spiro atoms. The minimum Gasteiger partial charge on any atom is -0.398 e. The Morgan fingerprint density at radius 1 is 1.27 bits per heavy atom. The zero-order chi connectivity index (χ0) is 11.7. The van der Waals surface area contributed by atoms with E-state index in [0.717, 1.165) is 0 Å². The Morgan fingerprint density at radius 2 is 1.73 bits per heavy atom. The minimum atomic E-state index is -0.460. The molecule has 0 saturated carbocycles. The molecule has 0 bridgehead atoms. The first kappa shape index (κ1) is 12.3. The third kappa shape index (κ3) is 2.25. The summed E-state index contributed by atoms with van der Waals surface area (Å²) < 4.78 is 11.6. The molecule has 1 fully saturated rings. The predicted molar refractivity (Wildman–Crippen MR) is 61.7 cm³/mol. The highest BCUT2D eigenvalue weighted by atomic mass is 16.7. The number of hydrogen-bond donors (Lipinski definition) is 2. The van der Waals surface area contributed by atoms with Crippen LogP contribution in [0.4, 0.5) is 0 Å². The molecule has 1 aliphatic heterocycles. The van der Waals surface area contributed by atoms with Gasteiger partial charge in [0.05, 0.1) is 16.8 Å². The first-order valence-corrected chi connectivity index (χ1v) is 4.99. The lowest BCUT2D eigenvalue weighted by atomic mass is 9.84. The van der Waals surface area contributed by atoms with Crippen LogP contribution in [0.5, 0.6) is 0 Å². The highest BCUT2D eigenvalue weighted by Crippen LogP contribution is 2.37. The van der Waals surface area contributed by atoms with Gasteiger partial charge in [0.15, 0.2) is 0 Å². The van der Waals surface area contributed by atoms with Crippen molar-refractivity contribution in [1.29, 1.82) is 0 Å². The van der Waals surface area contributed by atoms with Crippen molar-refractivity contribution in [1.82, 2.24) is 5.43 Å². The molecule has 0 aliphatic carbocycles. The molecule has 1 rings (SSSR count). The van der Waals surface area contributed by atoms with Crippen molar-refractivity contribution in [3.63, 3.8) is 0 Å². The highest BCUT2D eigenvalue weighted by molar-refractivity contribution is 6.54. The first-order chi connectivity index (χ1) is 6.84. The molecule has 15 heavy (non-hydrogen) atoms. The topological polar surface area (TPSA) is 56.5 Å². The van der Waals surface area contributed by atoms with E-state index in [1.807, 2.05) is 27.7 Å².